The number of tetrazole rings is 1. The average molecular weight is 435 g/mol. The molecule has 0 aliphatic carbocycles. The van der Waals surface area contributed by atoms with Gasteiger partial charge in [-0.2, -0.15) is 0 Å². The fraction of sp³-hybridized carbons (Fsp3) is 0.480. The van der Waals surface area contributed by atoms with Crippen molar-refractivity contribution in [2.24, 2.45) is 0 Å². The lowest BCUT2D eigenvalue weighted by Crippen LogP contribution is -2.49. The SMILES string of the molecule is COc1ccccc1C(c1nnnn1C(C)(C)C)N1CCN(c2cc(C)ccc2C)CC1. The number of rotatable bonds is 5. The number of nitrogens with zero attached hydrogens (tertiary/aromatic N) is 6. The summed E-state index contributed by atoms with van der Waals surface area (Å²) in [6.07, 6.45) is 0. The molecule has 0 amide bonds. The molecule has 1 fully saturated rings. The van der Waals surface area contributed by atoms with Crippen molar-refractivity contribution in [2.45, 2.75) is 46.2 Å². The van der Waals surface area contributed by atoms with E-state index < -0.39 is 0 Å². The zero-order valence-electron chi connectivity index (χ0n) is 20.0. The Hall–Kier alpha value is -2.93. The molecular formula is C25H34N6O. The fourth-order valence-corrected chi connectivity index (χ4v) is 4.51. The highest BCUT2D eigenvalue weighted by Crippen LogP contribution is 2.36. The van der Waals surface area contributed by atoms with Crippen LogP contribution in [0.2, 0.25) is 0 Å². The van der Waals surface area contributed by atoms with Crippen LogP contribution in [-0.2, 0) is 5.54 Å². The maximum atomic E-state index is 5.75. The second-order valence-corrected chi connectivity index (χ2v) is 9.58. The van der Waals surface area contributed by atoms with Crippen LogP contribution in [0.4, 0.5) is 5.69 Å². The van der Waals surface area contributed by atoms with E-state index in [1.807, 2.05) is 16.8 Å². The van der Waals surface area contributed by atoms with Crippen molar-refractivity contribution in [3.05, 3.63) is 65.0 Å². The molecule has 170 valence electrons. The van der Waals surface area contributed by atoms with E-state index in [9.17, 15) is 0 Å². The average Bonchev–Trinajstić information content (AvgIpc) is 3.27. The first-order valence-corrected chi connectivity index (χ1v) is 11.3. The minimum absolute atomic E-state index is 0.0823. The van der Waals surface area contributed by atoms with E-state index >= 15 is 0 Å². The van der Waals surface area contributed by atoms with E-state index in [-0.39, 0.29) is 11.6 Å². The third kappa shape index (κ3) is 4.35. The van der Waals surface area contributed by atoms with Crippen molar-refractivity contribution in [3.63, 3.8) is 0 Å². The van der Waals surface area contributed by atoms with E-state index in [1.165, 1.54) is 16.8 Å². The Bertz CT molecular complexity index is 1060. The van der Waals surface area contributed by atoms with Crippen LogP contribution >= 0.6 is 0 Å². The number of hydrogen-bond acceptors (Lipinski definition) is 6. The number of anilines is 1. The Labute approximate surface area is 191 Å². The molecule has 4 rings (SSSR count). The summed E-state index contributed by atoms with van der Waals surface area (Å²) < 4.78 is 7.69. The van der Waals surface area contributed by atoms with Crippen LogP contribution in [-0.4, -0.2) is 58.4 Å². The lowest BCUT2D eigenvalue weighted by Gasteiger charge is -2.41. The van der Waals surface area contributed by atoms with Crippen LogP contribution in [0.15, 0.2) is 42.5 Å². The summed E-state index contributed by atoms with van der Waals surface area (Å²) in [7, 11) is 1.72. The van der Waals surface area contributed by atoms with Crippen molar-refractivity contribution in [3.8, 4) is 5.75 Å². The van der Waals surface area contributed by atoms with Gasteiger partial charge in [0.05, 0.1) is 12.6 Å². The molecule has 1 aliphatic rings. The molecule has 2 heterocycles. The summed E-state index contributed by atoms with van der Waals surface area (Å²) in [5, 5.41) is 12.9. The summed E-state index contributed by atoms with van der Waals surface area (Å²) in [6, 6.07) is 14.8. The molecule has 7 nitrogen and oxygen atoms in total. The Morgan fingerprint density at radius 1 is 0.969 bits per heavy atom. The highest BCUT2D eigenvalue weighted by molar-refractivity contribution is 5.55. The maximum Gasteiger partial charge on any atom is 0.173 e. The maximum absolute atomic E-state index is 5.75. The van der Waals surface area contributed by atoms with Crippen LogP contribution in [0.25, 0.3) is 0 Å². The minimum atomic E-state index is -0.223. The standard InChI is InChI=1S/C25H34N6O/c1-18-11-12-19(2)21(17-18)29-13-15-30(16-14-29)23(20-9-7-8-10-22(20)32-6)24-26-27-28-31(24)25(3,4)5/h7-12,17,23H,13-16H2,1-6H3. The van der Waals surface area contributed by atoms with Gasteiger partial charge in [-0.3, -0.25) is 4.90 Å². The zero-order valence-corrected chi connectivity index (χ0v) is 20.0. The van der Waals surface area contributed by atoms with Gasteiger partial charge in [0.15, 0.2) is 5.82 Å². The molecule has 1 unspecified atom stereocenters. The van der Waals surface area contributed by atoms with Gasteiger partial charge >= 0.3 is 0 Å². The smallest absolute Gasteiger partial charge is 0.173 e. The monoisotopic (exact) mass is 434 g/mol. The van der Waals surface area contributed by atoms with Gasteiger partial charge in [-0.25, -0.2) is 4.68 Å². The summed E-state index contributed by atoms with van der Waals surface area (Å²) in [5.41, 5.74) is 4.82. The molecule has 2 aromatic carbocycles. The van der Waals surface area contributed by atoms with Crippen LogP contribution in [0, 0.1) is 13.8 Å². The first kappa shape index (κ1) is 22.3. The van der Waals surface area contributed by atoms with Crippen molar-refractivity contribution >= 4 is 5.69 Å². The van der Waals surface area contributed by atoms with Gasteiger partial charge in [0.2, 0.25) is 0 Å². The predicted molar refractivity (Wildman–Crippen MR) is 127 cm³/mol. The Balaban J connectivity index is 1.68. The molecule has 32 heavy (non-hydrogen) atoms. The number of ether oxygens (including phenoxy) is 1. The van der Waals surface area contributed by atoms with Gasteiger partial charge in [0.1, 0.15) is 11.8 Å². The number of aryl methyl sites for hydroxylation is 2. The Morgan fingerprint density at radius 2 is 1.69 bits per heavy atom. The van der Waals surface area contributed by atoms with Crippen molar-refractivity contribution in [2.75, 3.05) is 38.2 Å². The lowest BCUT2D eigenvalue weighted by atomic mass is 10.00. The highest BCUT2D eigenvalue weighted by atomic mass is 16.5. The number of methoxy groups -OCH3 is 1. The van der Waals surface area contributed by atoms with E-state index in [1.54, 1.807) is 7.11 Å². The number of aromatic nitrogens is 4. The first-order valence-electron chi connectivity index (χ1n) is 11.3. The van der Waals surface area contributed by atoms with E-state index in [0.717, 1.165) is 43.3 Å². The molecule has 1 saturated heterocycles. The number of piperazine rings is 1. The van der Waals surface area contributed by atoms with E-state index in [2.05, 4.69) is 90.3 Å². The molecule has 1 aliphatic heterocycles. The molecule has 1 aromatic heterocycles. The molecule has 0 radical (unpaired) electrons. The number of hydrogen-bond donors (Lipinski definition) is 0. The molecule has 1 atom stereocenters. The summed E-state index contributed by atoms with van der Waals surface area (Å²) in [5.74, 6) is 1.71. The summed E-state index contributed by atoms with van der Waals surface area (Å²) >= 11 is 0. The normalized spacial score (nSPS) is 16.2. The fourth-order valence-electron chi connectivity index (χ4n) is 4.51. The van der Waals surface area contributed by atoms with Gasteiger partial charge in [0, 0.05) is 37.4 Å². The van der Waals surface area contributed by atoms with Gasteiger partial charge < -0.3 is 9.64 Å². The summed E-state index contributed by atoms with van der Waals surface area (Å²) in [4.78, 5) is 4.97. The van der Waals surface area contributed by atoms with Crippen LogP contribution in [0.1, 0.15) is 49.3 Å². The van der Waals surface area contributed by atoms with Crippen LogP contribution in [0.5, 0.6) is 5.75 Å². The van der Waals surface area contributed by atoms with Gasteiger partial charge in [-0.15, -0.1) is 5.10 Å². The third-order valence-electron chi connectivity index (χ3n) is 6.19. The van der Waals surface area contributed by atoms with Crippen molar-refractivity contribution in [1.82, 2.24) is 25.1 Å². The quantitative estimate of drug-likeness (QED) is 0.606. The first-order chi connectivity index (χ1) is 15.3. The van der Waals surface area contributed by atoms with Gasteiger partial charge in [-0.1, -0.05) is 30.3 Å². The molecule has 3 aromatic rings. The lowest BCUT2D eigenvalue weighted by molar-refractivity contribution is 0.188. The molecule has 0 spiro atoms. The molecular weight excluding hydrogens is 400 g/mol. The highest BCUT2D eigenvalue weighted by Gasteiger charge is 2.34. The van der Waals surface area contributed by atoms with Gasteiger partial charge in [0.25, 0.3) is 0 Å². The third-order valence-corrected chi connectivity index (χ3v) is 6.19. The largest absolute Gasteiger partial charge is 0.496 e. The number of para-hydroxylation sites is 1. The summed E-state index contributed by atoms with van der Waals surface area (Å²) in [6.45, 7) is 14.5. The van der Waals surface area contributed by atoms with E-state index in [4.69, 9.17) is 4.74 Å². The van der Waals surface area contributed by atoms with E-state index in [0.29, 0.717) is 0 Å². The molecule has 0 N–H and O–H groups in total. The zero-order chi connectivity index (χ0) is 22.9. The topological polar surface area (TPSA) is 59.3 Å². The number of benzene rings is 2. The van der Waals surface area contributed by atoms with Gasteiger partial charge in [-0.05, 0) is 68.3 Å². The Morgan fingerprint density at radius 3 is 2.38 bits per heavy atom. The van der Waals surface area contributed by atoms with Crippen LogP contribution in [0.3, 0.4) is 0 Å². The molecule has 0 saturated carbocycles. The van der Waals surface area contributed by atoms with Crippen molar-refractivity contribution < 1.29 is 4.74 Å². The second-order valence-electron chi connectivity index (χ2n) is 9.58. The Kier molecular flexibility index (Phi) is 6.20. The molecule has 0 bridgehead atoms. The van der Waals surface area contributed by atoms with Crippen LogP contribution < -0.4 is 9.64 Å². The molecule has 7 heteroatoms. The second kappa shape index (κ2) is 8.90. The predicted octanol–water partition coefficient (Wildman–Crippen LogP) is 3.97. The minimum Gasteiger partial charge on any atom is -0.496 e. The van der Waals surface area contributed by atoms with Crippen molar-refractivity contribution in [1.29, 1.82) is 0 Å².